The summed E-state index contributed by atoms with van der Waals surface area (Å²) in [4.78, 5) is 12.3. The van der Waals surface area contributed by atoms with Crippen molar-refractivity contribution in [1.29, 1.82) is 0 Å². The van der Waals surface area contributed by atoms with E-state index in [1.54, 1.807) is 6.92 Å². The van der Waals surface area contributed by atoms with Crippen molar-refractivity contribution in [2.75, 3.05) is 6.61 Å². The summed E-state index contributed by atoms with van der Waals surface area (Å²) in [6.07, 6.45) is -4.52. The zero-order valence-electron chi connectivity index (χ0n) is 13.1. The van der Waals surface area contributed by atoms with Crippen LogP contribution >= 0.6 is 0 Å². The minimum absolute atomic E-state index is 0.0212. The Labute approximate surface area is 140 Å². The van der Waals surface area contributed by atoms with E-state index < -0.39 is 17.7 Å². The van der Waals surface area contributed by atoms with E-state index in [4.69, 9.17) is 9.15 Å². The van der Waals surface area contributed by atoms with E-state index in [2.05, 4.69) is 0 Å². The van der Waals surface area contributed by atoms with Gasteiger partial charge in [0.05, 0.1) is 12.2 Å². The molecule has 0 unspecified atom stereocenters. The van der Waals surface area contributed by atoms with Gasteiger partial charge in [0.25, 0.3) is 0 Å². The lowest BCUT2D eigenvalue weighted by Gasteiger charge is -2.08. The molecule has 3 rings (SSSR count). The van der Waals surface area contributed by atoms with Gasteiger partial charge in [0.2, 0.25) is 0 Å². The highest BCUT2D eigenvalue weighted by Gasteiger charge is 2.31. The molecule has 1 N–H and O–H groups in total. The number of alkyl halides is 3. The van der Waals surface area contributed by atoms with Gasteiger partial charge in [0.1, 0.15) is 22.7 Å². The number of aromatic hydroxyl groups is 1. The van der Waals surface area contributed by atoms with E-state index in [0.717, 1.165) is 12.1 Å². The molecule has 0 amide bonds. The quantitative estimate of drug-likeness (QED) is 0.675. The molecule has 0 radical (unpaired) electrons. The summed E-state index contributed by atoms with van der Waals surface area (Å²) in [6, 6.07) is 8.58. The highest BCUT2D eigenvalue weighted by molar-refractivity contribution is 6.09. The number of fused-ring (bicyclic) bond motifs is 1. The van der Waals surface area contributed by atoms with Crippen LogP contribution in [0.1, 0.15) is 22.8 Å². The van der Waals surface area contributed by atoms with Gasteiger partial charge in [-0.05, 0) is 37.3 Å². The average molecular weight is 350 g/mol. The minimum atomic E-state index is -4.52. The van der Waals surface area contributed by atoms with Gasteiger partial charge in [0, 0.05) is 10.9 Å². The highest BCUT2D eigenvalue weighted by atomic mass is 19.4. The fourth-order valence-electron chi connectivity index (χ4n) is 2.53. The molecule has 0 aliphatic rings. The summed E-state index contributed by atoms with van der Waals surface area (Å²) in [5.74, 6) is -0.876. The first-order valence-electron chi connectivity index (χ1n) is 7.41. The summed E-state index contributed by atoms with van der Waals surface area (Å²) < 4.78 is 49.5. The first-order chi connectivity index (χ1) is 11.8. The molecular weight excluding hydrogens is 337 g/mol. The number of halogens is 3. The molecule has 0 spiro atoms. The van der Waals surface area contributed by atoms with Crippen LogP contribution in [0.15, 0.2) is 46.9 Å². The maximum absolute atomic E-state index is 13.0. The molecule has 3 aromatic rings. The number of phenols is 1. The summed E-state index contributed by atoms with van der Waals surface area (Å²) >= 11 is 0. The van der Waals surface area contributed by atoms with Gasteiger partial charge in [-0.25, -0.2) is 4.79 Å². The Morgan fingerprint density at radius 3 is 2.64 bits per heavy atom. The third-order valence-electron chi connectivity index (χ3n) is 3.60. The maximum atomic E-state index is 13.0. The number of hydrogen-bond donors (Lipinski definition) is 1. The lowest BCUT2D eigenvalue weighted by molar-refractivity contribution is -0.137. The maximum Gasteiger partial charge on any atom is 0.416 e. The number of carbonyl (C=O) groups is 1. The van der Waals surface area contributed by atoms with Crippen molar-refractivity contribution in [3.63, 3.8) is 0 Å². The van der Waals surface area contributed by atoms with E-state index >= 15 is 0 Å². The topological polar surface area (TPSA) is 59.7 Å². The van der Waals surface area contributed by atoms with Crippen molar-refractivity contribution in [2.45, 2.75) is 13.1 Å². The fourth-order valence-corrected chi connectivity index (χ4v) is 2.53. The third kappa shape index (κ3) is 3.17. The van der Waals surface area contributed by atoms with Gasteiger partial charge in [-0.2, -0.15) is 13.2 Å². The first kappa shape index (κ1) is 16.9. The van der Waals surface area contributed by atoms with Crippen LogP contribution in [0.25, 0.3) is 22.3 Å². The number of esters is 1. The number of rotatable bonds is 3. The zero-order chi connectivity index (χ0) is 18.2. The first-order valence-corrected chi connectivity index (χ1v) is 7.41. The van der Waals surface area contributed by atoms with E-state index in [9.17, 15) is 23.1 Å². The summed E-state index contributed by atoms with van der Waals surface area (Å²) in [5, 5.41) is 9.92. The number of furan rings is 1. The molecule has 0 bridgehead atoms. The number of hydrogen-bond acceptors (Lipinski definition) is 4. The Morgan fingerprint density at radius 2 is 1.96 bits per heavy atom. The fraction of sp³-hybridized carbons (Fsp3) is 0.167. The molecule has 0 atom stereocenters. The van der Waals surface area contributed by atoms with Crippen molar-refractivity contribution in [1.82, 2.24) is 0 Å². The summed E-state index contributed by atoms with van der Waals surface area (Å²) in [7, 11) is 0. The molecule has 1 aromatic heterocycles. The SMILES string of the molecule is CCOC(=O)c1c(-c2cccc(C(F)(F)F)c2)oc2ccc(O)cc12. The molecule has 0 saturated heterocycles. The number of phenolic OH excluding ortho intramolecular Hbond substituents is 1. The van der Waals surface area contributed by atoms with Crippen LogP contribution in [-0.4, -0.2) is 17.7 Å². The van der Waals surface area contributed by atoms with Crippen LogP contribution in [0.4, 0.5) is 13.2 Å². The van der Waals surface area contributed by atoms with Crippen LogP contribution in [0.2, 0.25) is 0 Å². The van der Waals surface area contributed by atoms with Crippen LogP contribution in [0.5, 0.6) is 5.75 Å². The molecule has 25 heavy (non-hydrogen) atoms. The van der Waals surface area contributed by atoms with E-state index in [0.29, 0.717) is 0 Å². The Bertz CT molecular complexity index is 941. The van der Waals surface area contributed by atoms with Crippen molar-refractivity contribution in [2.24, 2.45) is 0 Å². The van der Waals surface area contributed by atoms with Gasteiger partial charge in [0.15, 0.2) is 0 Å². The van der Waals surface area contributed by atoms with Crippen LogP contribution in [0, 0.1) is 0 Å². The molecule has 7 heteroatoms. The smallest absolute Gasteiger partial charge is 0.416 e. The van der Waals surface area contributed by atoms with Crippen molar-refractivity contribution in [3.05, 3.63) is 53.6 Å². The lowest BCUT2D eigenvalue weighted by Crippen LogP contribution is -2.06. The van der Waals surface area contributed by atoms with Gasteiger partial charge >= 0.3 is 12.1 Å². The monoisotopic (exact) mass is 350 g/mol. The molecule has 0 fully saturated rings. The average Bonchev–Trinajstić information content (AvgIpc) is 2.93. The number of ether oxygens (including phenoxy) is 1. The number of benzene rings is 2. The predicted molar refractivity (Wildman–Crippen MR) is 84.3 cm³/mol. The van der Waals surface area contributed by atoms with Crippen molar-refractivity contribution in [3.8, 4) is 17.1 Å². The van der Waals surface area contributed by atoms with Gasteiger partial charge in [-0.1, -0.05) is 12.1 Å². The molecular formula is C18H13F3O4. The van der Waals surface area contributed by atoms with Crippen LogP contribution in [0.3, 0.4) is 0 Å². The van der Waals surface area contributed by atoms with Crippen molar-refractivity contribution < 1.29 is 32.2 Å². The third-order valence-corrected chi connectivity index (χ3v) is 3.60. The van der Waals surface area contributed by atoms with Gasteiger partial charge < -0.3 is 14.3 Å². The second-order valence-corrected chi connectivity index (χ2v) is 5.29. The van der Waals surface area contributed by atoms with Crippen molar-refractivity contribution >= 4 is 16.9 Å². The largest absolute Gasteiger partial charge is 0.508 e. The Kier molecular flexibility index (Phi) is 4.16. The Balaban J connectivity index is 2.25. The molecule has 0 aliphatic carbocycles. The Hall–Kier alpha value is -2.96. The number of carbonyl (C=O) groups excluding carboxylic acids is 1. The second-order valence-electron chi connectivity index (χ2n) is 5.29. The summed E-state index contributed by atoms with van der Waals surface area (Å²) in [6.45, 7) is 1.70. The highest BCUT2D eigenvalue weighted by Crippen LogP contribution is 2.38. The molecule has 2 aromatic carbocycles. The minimum Gasteiger partial charge on any atom is -0.508 e. The lowest BCUT2D eigenvalue weighted by atomic mass is 10.0. The molecule has 4 nitrogen and oxygen atoms in total. The normalized spacial score (nSPS) is 11.7. The van der Waals surface area contributed by atoms with E-state index in [1.807, 2.05) is 0 Å². The van der Waals surface area contributed by atoms with E-state index in [1.165, 1.54) is 30.3 Å². The zero-order valence-corrected chi connectivity index (χ0v) is 13.1. The van der Waals surface area contributed by atoms with Crippen LogP contribution < -0.4 is 0 Å². The van der Waals surface area contributed by atoms with E-state index in [-0.39, 0.29) is 40.2 Å². The molecule has 0 aliphatic heterocycles. The Morgan fingerprint density at radius 1 is 1.20 bits per heavy atom. The van der Waals surface area contributed by atoms with Gasteiger partial charge in [-0.3, -0.25) is 0 Å². The molecule has 130 valence electrons. The molecule has 1 heterocycles. The summed E-state index contributed by atoms with van der Waals surface area (Å²) in [5.41, 5.74) is -0.531. The van der Waals surface area contributed by atoms with Gasteiger partial charge in [-0.15, -0.1) is 0 Å². The predicted octanol–water partition coefficient (Wildman–Crippen LogP) is 5.00. The molecule has 0 saturated carbocycles. The standard InChI is InChI=1S/C18H13F3O4/c1-2-24-17(23)15-13-9-12(22)6-7-14(13)25-16(15)10-4-3-5-11(8-10)18(19,20)21/h3-9,22H,2H2,1H3. The second kappa shape index (κ2) is 6.16. The van der Waals surface area contributed by atoms with Crippen LogP contribution in [-0.2, 0) is 10.9 Å².